The highest BCUT2D eigenvalue weighted by Gasteiger charge is 2.31. The third-order valence-corrected chi connectivity index (χ3v) is 4.93. The van der Waals surface area contributed by atoms with E-state index in [1.54, 1.807) is 7.11 Å². The minimum Gasteiger partial charge on any atom is -0.496 e. The summed E-state index contributed by atoms with van der Waals surface area (Å²) >= 11 is 0. The van der Waals surface area contributed by atoms with Crippen molar-refractivity contribution < 1.29 is 4.74 Å². The topological polar surface area (TPSA) is 21.3 Å². The van der Waals surface area contributed by atoms with E-state index in [4.69, 9.17) is 4.74 Å². The molecule has 0 amide bonds. The Hall–Kier alpha value is -1.02. The quantitative estimate of drug-likeness (QED) is 0.840. The summed E-state index contributed by atoms with van der Waals surface area (Å²) in [7, 11) is 1.77. The summed E-state index contributed by atoms with van der Waals surface area (Å²) in [5.74, 6) is 2.77. The summed E-state index contributed by atoms with van der Waals surface area (Å²) in [6.45, 7) is 1.22. The Morgan fingerprint density at radius 2 is 2.00 bits per heavy atom. The minimum atomic E-state index is 0.692. The molecule has 104 valence electrons. The lowest BCUT2D eigenvalue weighted by atomic mass is 9.75. The fourth-order valence-corrected chi connectivity index (χ4v) is 3.32. The number of benzene rings is 1. The first-order valence-electron chi connectivity index (χ1n) is 7.73. The van der Waals surface area contributed by atoms with Crippen molar-refractivity contribution in [3.05, 3.63) is 29.8 Å². The molecule has 2 saturated carbocycles. The fourth-order valence-electron chi connectivity index (χ4n) is 3.32. The number of hydrogen-bond acceptors (Lipinski definition) is 2. The zero-order chi connectivity index (χ0) is 13.1. The van der Waals surface area contributed by atoms with Crippen LogP contribution in [0.2, 0.25) is 0 Å². The van der Waals surface area contributed by atoms with Gasteiger partial charge in [0.1, 0.15) is 5.75 Å². The van der Waals surface area contributed by atoms with Crippen molar-refractivity contribution in [1.82, 2.24) is 5.32 Å². The molecule has 19 heavy (non-hydrogen) atoms. The maximum Gasteiger partial charge on any atom is 0.122 e. The molecule has 1 aromatic carbocycles. The predicted octanol–water partition coefficient (Wildman–Crippen LogP) is 3.72. The van der Waals surface area contributed by atoms with Crippen LogP contribution >= 0.6 is 0 Å². The summed E-state index contributed by atoms with van der Waals surface area (Å²) in [4.78, 5) is 0. The van der Waals surface area contributed by atoms with E-state index < -0.39 is 0 Å². The summed E-state index contributed by atoms with van der Waals surface area (Å²) in [5, 5.41) is 3.71. The van der Waals surface area contributed by atoms with Gasteiger partial charge in [-0.05, 0) is 49.3 Å². The van der Waals surface area contributed by atoms with Crippen molar-refractivity contribution >= 4 is 0 Å². The van der Waals surface area contributed by atoms with E-state index >= 15 is 0 Å². The van der Waals surface area contributed by atoms with Gasteiger partial charge in [0, 0.05) is 6.04 Å². The summed E-state index contributed by atoms with van der Waals surface area (Å²) < 4.78 is 5.45. The van der Waals surface area contributed by atoms with E-state index in [0.717, 1.165) is 17.7 Å². The minimum absolute atomic E-state index is 0.692. The first-order chi connectivity index (χ1) is 9.36. The second-order valence-corrected chi connectivity index (χ2v) is 6.15. The molecule has 2 aliphatic rings. The zero-order valence-electron chi connectivity index (χ0n) is 11.9. The molecule has 1 N–H and O–H groups in total. The second-order valence-electron chi connectivity index (χ2n) is 6.15. The van der Waals surface area contributed by atoms with Crippen LogP contribution in [0.3, 0.4) is 0 Å². The number of nitrogens with one attached hydrogen (secondary N) is 1. The molecule has 1 aromatic rings. The van der Waals surface area contributed by atoms with Crippen molar-refractivity contribution in [2.45, 2.75) is 50.5 Å². The van der Waals surface area contributed by atoms with Crippen LogP contribution in [0.25, 0.3) is 0 Å². The van der Waals surface area contributed by atoms with Crippen molar-refractivity contribution in [3.63, 3.8) is 0 Å². The van der Waals surface area contributed by atoms with Crippen LogP contribution in [0, 0.1) is 5.92 Å². The highest BCUT2D eigenvalue weighted by atomic mass is 16.5. The number of methoxy groups -OCH3 is 1. The number of rotatable bonds is 6. The van der Waals surface area contributed by atoms with E-state index in [2.05, 4.69) is 29.6 Å². The standard InChI is InChI=1S/C17H25NO/c1-19-17-8-3-2-7-16(17)14-11-15(12-14)18-10-9-13-5-4-6-13/h2-3,7-8,13-15,18H,4-6,9-12H2,1H3. The van der Waals surface area contributed by atoms with Gasteiger partial charge in [-0.1, -0.05) is 37.5 Å². The van der Waals surface area contributed by atoms with Crippen LogP contribution in [0.4, 0.5) is 0 Å². The van der Waals surface area contributed by atoms with Crippen molar-refractivity contribution in [2.75, 3.05) is 13.7 Å². The van der Waals surface area contributed by atoms with Crippen LogP contribution in [-0.4, -0.2) is 19.7 Å². The normalized spacial score (nSPS) is 26.6. The molecule has 2 nitrogen and oxygen atoms in total. The zero-order valence-corrected chi connectivity index (χ0v) is 11.9. The SMILES string of the molecule is COc1ccccc1C1CC(NCCC2CCC2)C1. The van der Waals surface area contributed by atoms with Crippen molar-refractivity contribution in [1.29, 1.82) is 0 Å². The van der Waals surface area contributed by atoms with Crippen LogP contribution in [-0.2, 0) is 0 Å². The van der Waals surface area contributed by atoms with E-state index in [1.807, 2.05) is 0 Å². The molecule has 2 heteroatoms. The molecule has 3 rings (SSSR count). The Labute approximate surface area is 116 Å². The monoisotopic (exact) mass is 259 g/mol. The second kappa shape index (κ2) is 5.96. The van der Waals surface area contributed by atoms with E-state index in [0.29, 0.717) is 5.92 Å². The molecule has 0 aromatic heterocycles. The van der Waals surface area contributed by atoms with Crippen LogP contribution in [0.15, 0.2) is 24.3 Å². The van der Waals surface area contributed by atoms with Crippen molar-refractivity contribution in [3.8, 4) is 5.75 Å². The molecular formula is C17H25NO. The van der Waals surface area contributed by atoms with Crippen LogP contribution < -0.4 is 10.1 Å². The Bertz CT molecular complexity index is 407. The van der Waals surface area contributed by atoms with Gasteiger partial charge in [0.05, 0.1) is 7.11 Å². The Morgan fingerprint density at radius 3 is 2.68 bits per heavy atom. The Kier molecular flexibility index (Phi) is 4.07. The van der Waals surface area contributed by atoms with Gasteiger partial charge in [0.15, 0.2) is 0 Å². The van der Waals surface area contributed by atoms with Gasteiger partial charge in [-0.3, -0.25) is 0 Å². The Balaban J connectivity index is 1.41. The summed E-state index contributed by atoms with van der Waals surface area (Å²) in [6, 6.07) is 9.20. The molecular weight excluding hydrogens is 234 g/mol. The van der Waals surface area contributed by atoms with Crippen LogP contribution in [0.1, 0.15) is 50.0 Å². The number of hydrogen-bond donors (Lipinski definition) is 1. The van der Waals surface area contributed by atoms with Gasteiger partial charge in [0.2, 0.25) is 0 Å². The first kappa shape index (κ1) is 13.0. The molecule has 2 fully saturated rings. The highest BCUT2D eigenvalue weighted by molar-refractivity contribution is 5.37. The lowest BCUT2D eigenvalue weighted by molar-refractivity contribution is 0.251. The third-order valence-electron chi connectivity index (χ3n) is 4.93. The lowest BCUT2D eigenvalue weighted by Gasteiger charge is -2.37. The van der Waals surface area contributed by atoms with Gasteiger partial charge in [0.25, 0.3) is 0 Å². The van der Waals surface area contributed by atoms with E-state index in [1.165, 1.54) is 50.6 Å². The molecule has 2 aliphatic carbocycles. The number of para-hydroxylation sites is 1. The molecule has 0 atom stereocenters. The smallest absolute Gasteiger partial charge is 0.122 e. The van der Waals surface area contributed by atoms with Crippen LogP contribution in [0.5, 0.6) is 5.75 Å². The average molecular weight is 259 g/mol. The highest BCUT2D eigenvalue weighted by Crippen LogP contribution is 2.41. The van der Waals surface area contributed by atoms with Gasteiger partial charge in [-0.15, -0.1) is 0 Å². The lowest BCUT2D eigenvalue weighted by Crippen LogP contribution is -2.41. The molecule has 0 heterocycles. The molecule has 0 unspecified atom stereocenters. The van der Waals surface area contributed by atoms with E-state index in [9.17, 15) is 0 Å². The average Bonchev–Trinajstić information content (AvgIpc) is 2.34. The maximum absolute atomic E-state index is 5.45. The largest absolute Gasteiger partial charge is 0.496 e. The third kappa shape index (κ3) is 2.94. The van der Waals surface area contributed by atoms with Gasteiger partial charge < -0.3 is 10.1 Å². The predicted molar refractivity (Wildman–Crippen MR) is 78.7 cm³/mol. The molecule has 0 bridgehead atoms. The summed E-state index contributed by atoms with van der Waals surface area (Å²) in [5.41, 5.74) is 1.39. The molecule has 0 radical (unpaired) electrons. The van der Waals surface area contributed by atoms with Gasteiger partial charge >= 0.3 is 0 Å². The molecule has 0 saturated heterocycles. The Morgan fingerprint density at radius 1 is 1.21 bits per heavy atom. The first-order valence-corrected chi connectivity index (χ1v) is 7.73. The van der Waals surface area contributed by atoms with Gasteiger partial charge in [-0.25, -0.2) is 0 Å². The molecule has 0 aliphatic heterocycles. The maximum atomic E-state index is 5.45. The fraction of sp³-hybridized carbons (Fsp3) is 0.647. The van der Waals surface area contributed by atoms with Gasteiger partial charge in [-0.2, -0.15) is 0 Å². The van der Waals surface area contributed by atoms with E-state index in [-0.39, 0.29) is 0 Å². The summed E-state index contributed by atoms with van der Waals surface area (Å²) in [6.07, 6.45) is 8.32. The van der Waals surface area contributed by atoms with Crippen molar-refractivity contribution in [2.24, 2.45) is 5.92 Å². The molecule has 0 spiro atoms. The number of ether oxygens (including phenoxy) is 1.